The molecule has 0 N–H and O–H groups in total. The smallest absolute Gasteiger partial charge is 0.173 e. The number of halogens is 2. The molecular weight excluding hydrogens is 320 g/mol. The molecule has 0 spiro atoms. The van der Waals surface area contributed by atoms with E-state index in [1.54, 1.807) is 0 Å². The summed E-state index contributed by atoms with van der Waals surface area (Å²) in [7, 11) is 0. The molecule has 2 aromatic rings. The molecule has 0 atom stereocenters. The third kappa shape index (κ3) is 3.80. The van der Waals surface area contributed by atoms with Crippen molar-refractivity contribution in [3.05, 3.63) is 65.4 Å². The summed E-state index contributed by atoms with van der Waals surface area (Å²) < 4.78 is 2.13. The van der Waals surface area contributed by atoms with E-state index in [9.17, 15) is 0 Å². The van der Waals surface area contributed by atoms with Gasteiger partial charge >= 0.3 is 0 Å². The molecule has 0 unspecified atom stereocenters. The Balaban J connectivity index is 0.00000112. The van der Waals surface area contributed by atoms with Crippen LogP contribution in [0.3, 0.4) is 0 Å². The van der Waals surface area contributed by atoms with E-state index < -0.39 is 0 Å². The molecule has 15 heavy (non-hydrogen) atoms. The number of aromatic nitrogens is 1. The molecule has 0 saturated heterocycles. The predicted molar refractivity (Wildman–Crippen MR) is 57.2 cm³/mol. The standard InChI is InChI=1S/C12H11ClN.HI/c13-12-6-4-11(5-7-12)10-14-8-2-1-3-9-14;/h1-9H,10H2;1H/q+1;/p-1. The number of benzene rings is 1. The Labute approximate surface area is 112 Å². The fraction of sp³-hybridized carbons (Fsp3) is 0.0833. The Hall–Kier alpha value is -0.610. The molecule has 0 aliphatic heterocycles. The van der Waals surface area contributed by atoms with Gasteiger partial charge in [0.25, 0.3) is 0 Å². The van der Waals surface area contributed by atoms with Crippen LogP contribution in [0.4, 0.5) is 0 Å². The van der Waals surface area contributed by atoms with Crippen molar-refractivity contribution < 1.29 is 28.5 Å². The predicted octanol–water partition coefficient (Wildman–Crippen LogP) is -0.320. The summed E-state index contributed by atoms with van der Waals surface area (Å²) in [4.78, 5) is 0. The van der Waals surface area contributed by atoms with Crippen molar-refractivity contribution in [3.63, 3.8) is 0 Å². The van der Waals surface area contributed by atoms with Crippen LogP contribution in [0.5, 0.6) is 0 Å². The molecule has 1 aromatic heterocycles. The Morgan fingerprint density at radius 3 is 2.13 bits per heavy atom. The Kier molecular flexibility index (Phi) is 5.05. The largest absolute Gasteiger partial charge is 1.00 e. The van der Waals surface area contributed by atoms with E-state index >= 15 is 0 Å². The molecule has 0 amide bonds. The molecule has 1 heterocycles. The Morgan fingerprint density at radius 2 is 1.53 bits per heavy atom. The van der Waals surface area contributed by atoms with Crippen LogP contribution >= 0.6 is 11.6 Å². The highest BCUT2D eigenvalue weighted by molar-refractivity contribution is 6.30. The van der Waals surface area contributed by atoms with E-state index in [2.05, 4.69) is 17.0 Å². The average Bonchev–Trinajstić information content (AvgIpc) is 2.23. The second-order valence-electron chi connectivity index (χ2n) is 3.17. The summed E-state index contributed by atoms with van der Waals surface area (Å²) in [5.74, 6) is 0. The zero-order valence-electron chi connectivity index (χ0n) is 8.11. The summed E-state index contributed by atoms with van der Waals surface area (Å²) in [5.41, 5.74) is 1.26. The van der Waals surface area contributed by atoms with E-state index in [0.717, 1.165) is 11.6 Å². The summed E-state index contributed by atoms with van der Waals surface area (Å²) in [6.07, 6.45) is 4.10. The SMILES string of the molecule is Clc1ccc(C[n+]2ccccc2)cc1.[I-]. The molecule has 0 fully saturated rings. The molecule has 0 aliphatic carbocycles. The molecule has 3 heteroatoms. The van der Waals surface area contributed by atoms with Gasteiger partial charge in [0.15, 0.2) is 18.9 Å². The van der Waals surface area contributed by atoms with Crippen LogP contribution < -0.4 is 28.5 Å². The van der Waals surface area contributed by atoms with Crippen LogP contribution in [0.2, 0.25) is 5.02 Å². The maximum Gasteiger partial charge on any atom is 0.173 e. The van der Waals surface area contributed by atoms with E-state index in [4.69, 9.17) is 11.6 Å². The quantitative estimate of drug-likeness (QED) is 0.525. The van der Waals surface area contributed by atoms with Gasteiger partial charge in [-0.1, -0.05) is 29.8 Å². The van der Waals surface area contributed by atoms with Crippen LogP contribution in [0.25, 0.3) is 0 Å². The van der Waals surface area contributed by atoms with Gasteiger partial charge in [-0.25, -0.2) is 4.57 Å². The van der Waals surface area contributed by atoms with E-state index in [-0.39, 0.29) is 24.0 Å². The third-order valence-electron chi connectivity index (χ3n) is 2.06. The zero-order valence-corrected chi connectivity index (χ0v) is 11.0. The number of nitrogens with zero attached hydrogens (tertiary/aromatic N) is 1. The van der Waals surface area contributed by atoms with Crippen molar-refractivity contribution in [1.82, 2.24) is 0 Å². The van der Waals surface area contributed by atoms with Crippen molar-refractivity contribution in [2.75, 3.05) is 0 Å². The lowest BCUT2D eigenvalue weighted by atomic mass is 10.2. The number of hydrogen-bond acceptors (Lipinski definition) is 0. The molecule has 2 rings (SSSR count). The summed E-state index contributed by atoms with van der Waals surface area (Å²) >= 11 is 5.81. The normalized spacial score (nSPS) is 9.40. The topological polar surface area (TPSA) is 3.88 Å². The first kappa shape index (κ1) is 12.5. The number of rotatable bonds is 2. The minimum Gasteiger partial charge on any atom is -1.00 e. The molecule has 1 aromatic carbocycles. The Bertz CT molecular complexity index is 400. The van der Waals surface area contributed by atoms with Crippen LogP contribution in [0, 0.1) is 0 Å². The van der Waals surface area contributed by atoms with Gasteiger partial charge in [-0.15, -0.1) is 0 Å². The summed E-state index contributed by atoms with van der Waals surface area (Å²) in [6, 6.07) is 14.0. The van der Waals surface area contributed by atoms with Gasteiger partial charge in [0.2, 0.25) is 0 Å². The van der Waals surface area contributed by atoms with Gasteiger partial charge in [0, 0.05) is 22.7 Å². The van der Waals surface area contributed by atoms with E-state index in [1.807, 2.05) is 42.5 Å². The molecule has 0 bridgehead atoms. The second kappa shape index (κ2) is 6.08. The van der Waals surface area contributed by atoms with Crippen LogP contribution in [0.1, 0.15) is 5.56 Å². The molecule has 0 aliphatic rings. The van der Waals surface area contributed by atoms with Crippen LogP contribution in [0.15, 0.2) is 54.9 Å². The van der Waals surface area contributed by atoms with Gasteiger partial charge in [-0.2, -0.15) is 0 Å². The van der Waals surface area contributed by atoms with Crippen molar-refractivity contribution in [3.8, 4) is 0 Å². The zero-order chi connectivity index (χ0) is 9.80. The average molecular weight is 332 g/mol. The molecule has 1 nitrogen and oxygen atoms in total. The fourth-order valence-corrected chi connectivity index (χ4v) is 1.47. The highest BCUT2D eigenvalue weighted by Gasteiger charge is 1.99. The molecule has 0 saturated carbocycles. The lowest BCUT2D eigenvalue weighted by Crippen LogP contribution is -3.00. The molecule has 78 valence electrons. The number of hydrogen-bond donors (Lipinski definition) is 0. The second-order valence-corrected chi connectivity index (χ2v) is 3.61. The van der Waals surface area contributed by atoms with Crippen molar-refractivity contribution in [2.24, 2.45) is 0 Å². The fourth-order valence-electron chi connectivity index (χ4n) is 1.34. The minimum atomic E-state index is 0. The summed E-state index contributed by atoms with van der Waals surface area (Å²) in [6.45, 7) is 0.887. The van der Waals surface area contributed by atoms with Crippen LogP contribution in [-0.4, -0.2) is 0 Å². The van der Waals surface area contributed by atoms with Crippen molar-refractivity contribution >= 4 is 11.6 Å². The van der Waals surface area contributed by atoms with Gasteiger partial charge in [0.05, 0.1) is 0 Å². The molecule has 0 radical (unpaired) electrons. The first-order chi connectivity index (χ1) is 6.84. The lowest BCUT2D eigenvalue weighted by molar-refractivity contribution is -0.688. The van der Waals surface area contributed by atoms with Gasteiger partial charge < -0.3 is 24.0 Å². The van der Waals surface area contributed by atoms with E-state index in [1.165, 1.54) is 5.56 Å². The number of pyridine rings is 1. The van der Waals surface area contributed by atoms with Crippen LogP contribution in [-0.2, 0) is 6.54 Å². The highest BCUT2D eigenvalue weighted by atomic mass is 127. The van der Waals surface area contributed by atoms with Crippen molar-refractivity contribution in [2.45, 2.75) is 6.54 Å². The minimum absolute atomic E-state index is 0. The first-order valence-electron chi connectivity index (χ1n) is 4.53. The molecular formula is C12H11ClIN. The third-order valence-corrected chi connectivity index (χ3v) is 2.31. The maximum absolute atomic E-state index is 5.81. The van der Waals surface area contributed by atoms with Gasteiger partial charge in [0.1, 0.15) is 0 Å². The first-order valence-corrected chi connectivity index (χ1v) is 4.91. The Morgan fingerprint density at radius 1 is 0.933 bits per heavy atom. The maximum atomic E-state index is 5.81. The highest BCUT2D eigenvalue weighted by Crippen LogP contribution is 2.08. The monoisotopic (exact) mass is 331 g/mol. The van der Waals surface area contributed by atoms with E-state index in [0.29, 0.717) is 0 Å². The lowest BCUT2D eigenvalue weighted by Gasteiger charge is -1.97. The summed E-state index contributed by atoms with van der Waals surface area (Å²) in [5, 5.41) is 0.784. The van der Waals surface area contributed by atoms with Crippen molar-refractivity contribution in [1.29, 1.82) is 0 Å². The van der Waals surface area contributed by atoms with Gasteiger partial charge in [-0.3, -0.25) is 0 Å². The van der Waals surface area contributed by atoms with Gasteiger partial charge in [-0.05, 0) is 12.1 Å².